The van der Waals surface area contributed by atoms with Gasteiger partial charge < -0.3 is 0 Å². The number of anilines is 1. The molecule has 5 rings (SSSR count). The number of amides is 3. The number of halogens is 3. The van der Waals surface area contributed by atoms with E-state index >= 15 is 0 Å². The largest absolute Gasteiger partial charge is 0.417 e. The first-order chi connectivity index (χ1) is 16.6. The Balaban J connectivity index is 1.39. The minimum Gasteiger partial charge on any atom is -0.291 e. The number of aromatic nitrogens is 3. The van der Waals surface area contributed by atoms with E-state index in [0.29, 0.717) is 0 Å². The van der Waals surface area contributed by atoms with Crippen LogP contribution in [0, 0.1) is 0 Å². The average molecular weight is 479 g/mol. The molecule has 0 saturated heterocycles. The molecule has 3 heterocycles. The van der Waals surface area contributed by atoms with Crippen LogP contribution in [0.1, 0.15) is 33.2 Å². The van der Waals surface area contributed by atoms with Crippen molar-refractivity contribution in [2.24, 2.45) is 0 Å². The van der Waals surface area contributed by atoms with Crippen molar-refractivity contribution in [2.45, 2.75) is 19.1 Å². The van der Waals surface area contributed by atoms with Crippen LogP contribution >= 0.6 is 0 Å². The zero-order valence-electron chi connectivity index (χ0n) is 18.1. The maximum atomic E-state index is 13.4. The molecule has 1 atom stereocenters. The molecule has 0 radical (unpaired) electrons. The fourth-order valence-corrected chi connectivity index (χ4v) is 3.97. The number of nitrogens with one attached hydrogen (secondary N) is 1. The first kappa shape index (κ1) is 22.3. The molecule has 0 saturated carbocycles. The van der Waals surface area contributed by atoms with Crippen LogP contribution in [0.25, 0.3) is 16.8 Å². The van der Waals surface area contributed by atoms with Gasteiger partial charge in [0, 0.05) is 11.8 Å². The Morgan fingerprint density at radius 2 is 1.51 bits per heavy atom. The SMILES string of the molecule is C[C@H](C(=O)Nc1nc2ccc(-c3ccccc3C(F)(F)F)cn2n1)N1C(=O)c2ccccc2C1=O. The van der Waals surface area contributed by atoms with E-state index in [1.54, 1.807) is 12.1 Å². The molecule has 3 amide bonds. The third-order valence-electron chi connectivity index (χ3n) is 5.70. The number of nitrogens with zero attached hydrogens (tertiary/aromatic N) is 4. The van der Waals surface area contributed by atoms with Gasteiger partial charge in [-0.3, -0.25) is 24.6 Å². The van der Waals surface area contributed by atoms with E-state index in [4.69, 9.17) is 0 Å². The lowest BCUT2D eigenvalue weighted by atomic mass is 10.0. The van der Waals surface area contributed by atoms with Gasteiger partial charge in [-0.15, -0.1) is 5.10 Å². The van der Waals surface area contributed by atoms with Gasteiger partial charge in [-0.05, 0) is 42.8 Å². The molecule has 0 fully saturated rings. The van der Waals surface area contributed by atoms with E-state index in [-0.39, 0.29) is 33.8 Å². The van der Waals surface area contributed by atoms with Gasteiger partial charge >= 0.3 is 6.18 Å². The summed E-state index contributed by atoms with van der Waals surface area (Å²) in [4.78, 5) is 43.1. The molecule has 4 aromatic rings. The summed E-state index contributed by atoms with van der Waals surface area (Å²) in [5, 5.41) is 6.58. The predicted octanol–water partition coefficient (Wildman–Crippen LogP) is 4.04. The molecule has 8 nitrogen and oxygen atoms in total. The summed E-state index contributed by atoms with van der Waals surface area (Å²) in [5.74, 6) is -1.98. The predicted molar refractivity (Wildman–Crippen MR) is 118 cm³/mol. The quantitative estimate of drug-likeness (QED) is 0.446. The van der Waals surface area contributed by atoms with Crippen molar-refractivity contribution >= 4 is 29.3 Å². The van der Waals surface area contributed by atoms with Crippen LogP contribution in [0.3, 0.4) is 0 Å². The molecule has 1 aliphatic heterocycles. The molecule has 0 aliphatic carbocycles. The molecule has 0 spiro atoms. The summed E-state index contributed by atoms with van der Waals surface area (Å²) in [6.07, 6.45) is -3.16. The fraction of sp³-hybridized carbons (Fsp3) is 0.125. The lowest BCUT2D eigenvalue weighted by Crippen LogP contribution is -2.45. The zero-order valence-corrected chi connectivity index (χ0v) is 18.1. The summed E-state index contributed by atoms with van der Waals surface area (Å²) in [6.45, 7) is 1.40. The Kier molecular flexibility index (Phi) is 5.12. The van der Waals surface area contributed by atoms with E-state index in [1.807, 2.05) is 0 Å². The highest BCUT2D eigenvalue weighted by Gasteiger charge is 2.40. The van der Waals surface area contributed by atoms with Crippen LogP contribution in [0.5, 0.6) is 0 Å². The molecule has 0 bridgehead atoms. The normalized spacial score (nSPS) is 14.3. The lowest BCUT2D eigenvalue weighted by molar-refractivity contribution is -0.137. The van der Waals surface area contributed by atoms with Crippen LogP contribution in [-0.2, 0) is 11.0 Å². The molecular weight excluding hydrogens is 463 g/mol. The monoisotopic (exact) mass is 479 g/mol. The molecule has 176 valence electrons. The van der Waals surface area contributed by atoms with Crippen molar-refractivity contribution in [2.75, 3.05) is 5.32 Å². The van der Waals surface area contributed by atoms with E-state index in [0.717, 1.165) is 11.0 Å². The smallest absolute Gasteiger partial charge is 0.291 e. The maximum Gasteiger partial charge on any atom is 0.417 e. The van der Waals surface area contributed by atoms with Crippen LogP contribution in [0.4, 0.5) is 19.1 Å². The standard InChI is InChI=1S/C24H16F3N5O3/c1-13(32-21(34)16-7-2-3-8-17(16)22(32)35)20(33)29-23-28-19-11-10-14(12-31(19)30-23)15-6-4-5-9-18(15)24(25,26)27/h2-13H,1H3,(H,29,30,33)/t13-/m1/s1. The van der Waals surface area contributed by atoms with E-state index < -0.39 is 35.5 Å². The number of alkyl halides is 3. The first-order valence-electron chi connectivity index (χ1n) is 10.5. The molecule has 1 N–H and O–H groups in total. The van der Waals surface area contributed by atoms with Crippen molar-refractivity contribution in [1.29, 1.82) is 0 Å². The van der Waals surface area contributed by atoms with Crippen molar-refractivity contribution < 1.29 is 27.6 Å². The molecule has 0 unspecified atom stereocenters. The number of fused-ring (bicyclic) bond motifs is 2. The highest BCUT2D eigenvalue weighted by atomic mass is 19.4. The number of hydrogen-bond donors (Lipinski definition) is 1. The number of pyridine rings is 1. The Morgan fingerprint density at radius 1 is 0.914 bits per heavy atom. The van der Waals surface area contributed by atoms with E-state index in [9.17, 15) is 27.6 Å². The zero-order chi connectivity index (χ0) is 24.9. The lowest BCUT2D eigenvalue weighted by Gasteiger charge is -2.20. The Hall–Kier alpha value is -4.54. The second-order valence-electron chi connectivity index (χ2n) is 7.89. The van der Waals surface area contributed by atoms with E-state index in [2.05, 4.69) is 15.4 Å². The van der Waals surface area contributed by atoms with Crippen LogP contribution in [0.2, 0.25) is 0 Å². The third-order valence-corrected chi connectivity index (χ3v) is 5.70. The summed E-state index contributed by atoms with van der Waals surface area (Å²) in [7, 11) is 0. The van der Waals surface area contributed by atoms with Crippen LogP contribution in [0.15, 0.2) is 66.9 Å². The molecule has 2 aromatic heterocycles. The summed E-state index contributed by atoms with van der Waals surface area (Å²) < 4.78 is 41.5. The Labute approximate surface area is 196 Å². The van der Waals surface area contributed by atoms with Gasteiger partial charge in [0.25, 0.3) is 11.8 Å². The van der Waals surface area contributed by atoms with Gasteiger partial charge in [-0.2, -0.15) is 18.2 Å². The minimum absolute atomic E-state index is 0.0257. The number of hydrogen-bond acceptors (Lipinski definition) is 5. The van der Waals surface area contributed by atoms with Gasteiger partial charge in [-0.1, -0.05) is 30.3 Å². The summed E-state index contributed by atoms with van der Waals surface area (Å²) >= 11 is 0. The summed E-state index contributed by atoms with van der Waals surface area (Å²) in [5.41, 5.74) is 0.156. The highest BCUT2D eigenvalue weighted by molar-refractivity contribution is 6.23. The number of benzene rings is 2. The van der Waals surface area contributed by atoms with E-state index in [1.165, 1.54) is 60.1 Å². The maximum absolute atomic E-state index is 13.4. The fourth-order valence-electron chi connectivity index (χ4n) is 3.97. The van der Waals surface area contributed by atoms with Gasteiger partial charge in [0.2, 0.25) is 11.9 Å². The average Bonchev–Trinajstić information content (AvgIpc) is 3.35. The molecular formula is C24H16F3N5O3. The third kappa shape index (κ3) is 3.80. The molecule has 11 heteroatoms. The Bertz CT molecular complexity index is 1480. The second kappa shape index (κ2) is 8.05. The van der Waals surface area contributed by atoms with Crippen molar-refractivity contribution in [3.05, 3.63) is 83.6 Å². The van der Waals surface area contributed by atoms with Gasteiger partial charge in [0.1, 0.15) is 6.04 Å². The first-order valence-corrected chi connectivity index (χ1v) is 10.5. The van der Waals surface area contributed by atoms with Crippen molar-refractivity contribution in [1.82, 2.24) is 19.5 Å². The number of carbonyl (C=O) groups excluding carboxylic acids is 3. The van der Waals surface area contributed by atoms with Gasteiger partial charge in [0.15, 0.2) is 5.65 Å². The second-order valence-corrected chi connectivity index (χ2v) is 7.89. The number of imide groups is 1. The van der Waals surface area contributed by atoms with Gasteiger partial charge in [0.05, 0.1) is 16.7 Å². The van der Waals surface area contributed by atoms with Crippen LogP contribution < -0.4 is 5.32 Å². The minimum atomic E-state index is -4.53. The topological polar surface area (TPSA) is 96.7 Å². The van der Waals surface area contributed by atoms with Crippen molar-refractivity contribution in [3.63, 3.8) is 0 Å². The van der Waals surface area contributed by atoms with Crippen molar-refractivity contribution in [3.8, 4) is 11.1 Å². The summed E-state index contributed by atoms with van der Waals surface area (Å²) in [6, 6.07) is 13.2. The molecule has 2 aromatic carbocycles. The molecule has 1 aliphatic rings. The highest BCUT2D eigenvalue weighted by Crippen LogP contribution is 2.37. The number of rotatable bonds is 4. The van der Waals surface area contributed by atoms with Crippen LogP contribution in [-0.4, -0.2) is 43.3 Å². The Morgan fingerprint density at radius 3 is 2.14 bits per heavy atom. The number of carbonyl (C=O) groups is 3. The van der Waals surface area contributed by atoms with Gasteiger partial charge in [-0.25, -0.2) is 4.52 Å². The molecule has 35 heavy (non-hydrogen) atoms.